The number of ether oxygens (including phenoxy) is 1. The first kappa shape index (κ1) is 13.6. The number of piperidine rings is 1. The van der Waals surface area contributed by atoms with E-state index in [1.165, 1.54) is 0 Å². The number of aryl methyl sites for hydroxylation is 1. The number of carbonyl (C=O) groups excluding carboxylic acids is 2. The molecular formula is C15H19NO3. The molecule has 0 aromatic heterocycles. The predicted octanol–water partition coefficient (Wildman–Crippen LogP) is 1.96. The molecule has 2 rings (SSSR count). The molecule has 1 aromatic rings. The zero-order valence-corrected chi connectivity index (χ0v) is 11.2. The van der Waals surface area contributed by atoms with Crippen molar-refractivity contribution in [1.82, 2.24) is 4.90 Å². The summed E-state index contributed by atoms with van der Waals surface area (Å²) in [5.41, 5.74) is 1.13. The lowest BCUT2D eigenvalue weighted by atomic mass is 10.1. The van der Waals surface area contributed by atoms with Gasteiger partial charge >= 0.3 is 0 Å². The average molecular weight is 261 g/mol. The van der Waals surface area contributed by atoms with Gasteiger partial charge < -0.3 is 9.64 Å². The Hall–Kier alpha value is -1.84. The standard InChI is InChI=1S/C15H19NO3/c1-12-4-2-6-14(10-12)19-9-7-15(18)16-8-3-5-13(17)11-16/h2,4,6,10H,3,5,7-9,11H2,1H3. The van der Waals surface area contributed by atoms with Crippen LogP contribution in [0.2, 0.25) is 0 Å². The van der Waals surface area contributed by atoms with Gasteiger partial charge in [-0.2, -0.15) is 0 Å². The second-order valence-corrected chi connectivity index (χ2v) is 4.87. The summed E-state index contributed by atoms with van der Waals surface area (Å²) in [4.78, 5) is 24.8. The van der Waals surface area contributed by atoms with Crippen LogP contribution in [-0.2, 0) is 9.59 Å². The van der Waals surface area contributed by atoms with Crippen LogP contribution in [0.4, 0.5) is 0 Å². The lowest BCUT2D eigenvalue weighted by Crippen LogP contribution is -2.40. The molecule has 4 heteroatoms. The Labute approximate surface area is 113 Å². The van der Waals surface area contributed by atoms with Gasteiger partial charge in [0.25, 0.3) is 0 Å². The van der Waals surface area contributed by atoms with Crippen LogP contribution in [0.1, 0.15) is 24.8 Å². The van der Waals surface area contributed by atoms with E-state index in [2.05, 4.69) is 0 Å². The number of nitrogens with zero attached hydrogens (tertiary/aromatic N) is 1. The smallest absolute Gasteiger partial charge is 0.226 e. The molecule has 4 nitrogen and oxygen atoms in total. The van der Waals surface area contributed by atoms with Crippen LogP contribution in [0, 0.1) is 6.92 Å². The van der Waals surface area contributed by atoms with Crippen molar-refractivity contribution in [2.24, 2.45) is 0 Å². The lowest BCUT2D eigenvalue weighted by Gasteiger charge is -2.25. The van der Waals surface area contributed by atoms with Crippen molar-refractivity contribution in [2.75, 3.05) is 19.7 Å². The Morgan fingerprint density at radius 2 is 2.26 bits per heavy atom. The van der Waals surface area contributed by atoms with Crippen molar-refractivity contribution >= 4 is 11.7 Å². The van der Waals surface area contributed by atoms with Crippen molar-refractivity contribution in [3.8, 4) is 5.75 Å². The quantitative estimate of drug-likeness (QED) is 0.832. The van der Waals surface area contributed by atoms with Crippen LogP contribution < -0.4 is 4.74 Å². The number of carbonyl (C=O) groups is 2. The first-order valence-corrected chi connectivity index (χ1v) is 6.64. The number of likely N-dealkylation sites (tertiary alicyclic amines) is 1. The third kappa shape index (κ3) is 4.09. The van der Waals surface area contributed by atoms with Gasteiger partial charge in [0.2, 0.25) is 5.91 Å². The molecule has 0 N–H and O–H groups in total. The molecule has 1 aliphatic rings. The largest absolute Gasteiger partial charge is 0.493 e. The van der Waals surface area contributed by atoms with E-state index in [1.807, 2.05) is 31.2 Å². The summed E-state index contributed by atoms with van der Waals surface area (Å²) < 4.78 is 5.54. The predicted molar refractivity (Wildman–Crippen MR) is 72.1 cm³/mol. The van der Waals surface area contributed by atoms with Crippen LogP contribution in [0.15, 0.2) is 24.3 Å². The molecule has 1 aliphatic heterocycles. The minimum Gasteiger partial charge on any atom is -0.493 e. The molecule has 0 unspecified atom stereocenters. The molecule has 1 aromatic carbocycles. The molecule has 0 spiro atoms. The second-order valence-electron chi connectivity index (χ2n) is 4.87. The van der Waals surface area contributed by atoms with Gasteiger partial charge in [-0.15, -0.1) is 0 Å². The van der Waals surface area contributed by atoms with Crippen molar-refractivity contribution in [2.45, 2.75) is 26.2 Å². The normalized spacial score (nSPS) is 15.4. The summed E-state index contributed by atoms with van der Waals surface area (Å²) in [5, 5.41) is 0. The summed E-state index contributed by atoms with van der Waals surface area (Å²) in [6.45, 7) is 3.31. The van der Waals surface area contributed by atoms with Crippen molar-refractivity contribution in [3.63, 3.8) is 0 Å². The van der Waals surface area contributed by atoms with E-state index < -0.39 is 0 Å². The van der Waals surface area contributed by atoms with Gasteiger partial charge in [-0.1, -0.05) is 12.1 Å². The molecule has 0 saturated carbocycles. The topological polar surface area (TPSA) is 46.6 Å². The van der Waals surface area contributed by atoms with E-state index in [0.717, 1.165) is 17.7 Å². The van der Waals surface area contributed by atoms with Gasteiger partial charge in [0, 0.05) is 13.0 Å². The Kier molecular flexibility index (Phi) is 4.55. The molecule has 1 saturated heterocycles. The van der Waals surface area contributed by atoms with Crippen LogP contribution in [0.25, 0.3) is 0 Å². The molecule has 0 bridgehead atoms. The molecular weight excluding hydrogens is 242 g/mol. The Bertz CT molecular complexity index is 470. The van der Waals surface area contributed by atoms with E-state index in [1.54, 1.807) is 4.90 Å². The van der Waals surface area contributed by atoms with Crippen LogP contribution in [0.3, 0.4) is 0 Å². The summed E-state index contributed by atoms with van der Waals surface area (Å²) in [6, 6.07) is 7.74. The zero-order chi connectivity index (χ0) is 13.7. The Morgan fingerprint density at radius 3 is 3.00 bits per heavy atom. The maximum atomic E-state index is 11.9. The highest BCUT2D eigenvalue weighted by molar-refractivity contribution is 5.87. The van der Waals surface area contributed by atoms with Crippen LogP contribution in [-0.4, -0.2) is 36.3 Å². The number of benzene rings is 1. The van der Waals surface area contributed by atoms with E-state index in [4.69, 9.17) is 4.74 Å². The zero-order valence-electron chi connectivity index (χ0n) is 11.2. The fourth-order valence-corrected chi connectivity index (χ4v) is 2.17. The van der Waals surface area contributed by atoms with Gasteiger partial charge in [-0.25, -0.2) is 0 Å². The van der Waals surface area contributed by atoms with Crippen LogP contribution >= 0.6 is 0 Å². The maximum absolute atomic E-state index is 11.9. The molecule has 19 heavy (non-hydrogen) atoms. The molecule has 0 aliphatic carbocycles. The number of Topliss-reactive ketones (excluding diaryl/α,β-unsaturated/α-hetero) is 1. The lowest BCUT2D eigenvalue weighted by molar-refractivity contribution is -0.137. The second kappa shape index (κ2) is 6.36. The van der Waals surface area contributed by atoms with Crippen molar-refractivity contribution < 1.29 is 14.3 Å². The van der Waals surface area contributed by atoms with Gasteiger partial charge in [-0.05, 0) is 31.0 Å². The highest BCUT2D eigenvalue weighted by atomic mass is 16.5. The molecule has 102 valence electrons. The fraction of sp³-hybridized carbons (Fsp3) is 0.467. The monoisotopic (exact) mass is 261 g/mol. The van der Waals surface area contributed by atoms with Crippen molar-refractivity contribution in [3.05, 3.63) is 29.8 Å². The summed E-state index contributed by atoms with van der Waals surface area (Å²) in [7, 11) is 0. The first-order valence-electron chi connectivity index (χ1n) is 6.64. The van der Waals surface area contributed by atoms with Crippen molar-refractivity contribution in [1.29, 1.82) is 0 Å². The third-order valence-electron chi connectivity index (χ3n) is 3.18. The fourth-order valence-electron chi connectivity index (χ4n) is 2.17. The van der Waals surface area contributed by atoms with Gasteiger partial charge in [0.1, 0.15) is 5.75 Å². The highest BCUT2D eigenvalue weighted by Crippen LogP contribution is 2.13. The minimum absolute atomic E-state index is 0.000651. The molecule has 0 atom stereocenters. The van der Waals surface area contributed by atoms with E-state index in [-0.39, 0.29) is 18.2 Å². The number of hydrogen-bond donors (Lipinski definition) is 0. The van der Waals surface area contributed by atoms with Gasteiger partial charge in [0.05, 0.1) is 19.6 Å². The summed E-state index contributed by atoms with van der Waals surface area (Å²) in [5.74, 6) is 0.933. The summed E-state index contributed by atoms with van der Waals surface area (Å²) in [6.07, 6.45) is 1.70. The average Bonchev–Trinajstić information content (AvgIpc) is 2.38. The number of ketones is 1. The molecule has 0 radical (unpaired) electrons. The first-order chi connectivity index (χ1) is 9.15. The Balaban J connectivity index is 1.76. The number of hydrogen-bond acceptors (Lipinski definition) is 3. The van der Waals surface area contributed by atoms with Gasteiger partial charge in [-0.3, -0.25) is 9.59 Å². The SMILES string of the molecule is Cc1cccc(OCCC(=O)N2CCCC(=O)C2)c1. The third-order valence-corrected chi connectivity index (χ3v) is 3.18. The Morgan fingerprint density at radius 1 is 1.42 bits per heavy atom. The van der Waals surface area contributed by atoms with Gasteiger partial charge in [0.15, 0.2) is 5.78 Å². The summed E-state index contributed by atoms with van der Waals surface area (Å²) >= 11 is 0. The van der Waals surface area contributed by atoms with E-state index in [0.29, 0.717) is 26.0 Å². The molecule has 1 heterocycles. The van der Waals surface area contributed by atoms with E-state index in [9.17, 15) is 9.59 Å². The maximum Gasteiger partial charge on any atom is 0.226 e. The number of amides is 1. The van der Waals surface area contributed by atoms with Crippen LogP contribution in [0.5, 0.6) is 5.75 Å². The number of rotatable bonds is 4. The molecule has 1 amide bonds. The highest BCUT2D eigenvalue weighted by Gasteiger charge is 2.20. The minimum atomic E-state index is 0.000651. The van der Waals surface area contributed by atoms with E-state index >= 15 is 0 Å². The molecule has 1 fully saturated rings.